The largest absolute Gasteiger partial charge is 0.508 e. The van der Waals surface area contributed by atoms with Crippen LogP contribution in [-0.4, -0.2) is 16.0 Å². The zero-order chi connectivity index (χ0) is 13.7. The summed E-state index contributed by atoms with van der Waals surface area (Å²) in [5, 5.41) is 18.8. The van der Waals surface area contributed by atoms with Gasteiger partial charge in [-0.05, 0) is 41.0 Å². The van der Waals surface area contributed by atoms with Crippen LogP contribution in [0.4, 0.5) is 0 Å². The molecule has 2 rings (SSSR count). The molecule has 0 unspecified atom stereocenters. The molecule has 19 heavy (non-hydrogen) atoms. The van der Waals surface area contributed by atoms with Crippen molar-refractivity contribution < 1.29 is 10.2 Å². The van der Waals surface area contributed by atoms with Crippen molar-refractivity contribution >= 4 is 24.8 Å². The van der Waals surface area contributed by atoms with E-state index in [2.05, 4.69) is 24.8 Å². The molecule has 0 aliphatic carbocycles. The van der Waals surface area contributed by atoms with Crippen molar-refractivity contribution in [2.75, 3.05) is 5.75 Å². The van der Waals surface area contributed by atoms with Crippen molar-refractivity contribution in [1.29, 1.82) is 0 Å². The number of hydrogen-bond donors (Lipinski definition) is 3. The lowest BCUT2D eigenvalue weighted by atomic mass is 10.1. The van der Waals surface area contributed by atoms with Gasteiger partial charge in [0, 0.05) is 6.07 Å². The first-order valence-corrected chi connectivity index (χ1v) is 6.71. The van der Waals surface area contributed by atoms with Crippen LogP contribution in [0.1, 0.15) is 16.7 Å². The Morgan fingerprint density at radius 2 is 1.42 bits per heavy atom. The summed E-state index contributed by atoms with van der Waals surface area (Å²) in [7, 11) is 0. The van der Waals surface area contributed by atoms with Crippen molar-refractivity contribution in [2.45, 2.75) is 6.42 Å². The van der Waals surface area contributed by atoms with Gasteiger partial charge < -0.3 is 10.2 Å². The summed E-state index contributed by atoms with van der Waals surface area (Å²) in [4.78, 5) is 0. The van der Waals surface area contributed by atoms with Crippen LogP contribution in [0.2, 0.25) is 0 Å². The van der Waals surface area contributed by atoms with Gasteiger partial charge in [-0.1, -0.05) is 36.4 Å². The third-order valence-electron chi connectivity index (χ3n) is 2.77. The van der Waals surface area contributed by atoms with Crippen LogP contribution >= 0.6 is 12.6 Å². The number of phenolic OH excluding ortho intramolecular Hbond substituents is 2. The Balaban J connectivity index is 2.13. The molecular formula is C16H16O2S. The van der Waals surface area contributed by atoms with E-state index in [1.807, 2.05) is 24.3 Å². The number of aromatic hydroxyl groups is 2. The predicted octanol–water partition coefficient (Wildman–Crippen LogP) is 3.74. The van der Waals surface area contributed by atoms with Crippen molar-refractivity contribution in [3.63, 3.8) is 0 Å². The summed E-state index contributed by atoms with van der Waals surface area (Å²) in [5.74, 6) is 0.963. The maximum Gasteiger partial charge on any atom is 0.119 e. The zero-order valence-corrected chi connectivity index (χ0v) is 11.3. The lowest BCUT2D eigenvalue weighted by Crippen LogP contribution is -1.85. The second-order valence-electron chi connectivity index (χ2n) is 4.33. The van der Waals surface area contributed by atoms with Gasteiger partial charge >= 0.3 is 0 Å². The summed E-state index contributed by atoms with van der Waals surface area (Å²) in [6, 6.07) is 12.8. The van der Waals surface area contributed by atoms with E-state index in [0.29, 0.717) is 0 Å². The Hall–Kier alpha value is -1.87. The molecule has 2 aromatic carbocycles. The highest BCUT2D eigenvalue weighted by Crippen LogP contribution is 2.22. The molecule has 0 bridgehead atoms. The summed E-state index contributed by atoms with van der Waals surface area (Å²) in [6.07, 6.45) is 4.76. The van der Waals surface area contributed by atoms with E-state index in [1.54, 1.807) is 12.1 Å². The Labute approximate surface area is 118 Å². The fraction of sp³-hybridized carbons (Fsp3) is 0.125. The quantitative estimate of drug-likeness (QED) is 0.586. The molecule has 0 heterocycles. The number of thiol groups is 1. The van der Waals surface area contributed by atoms with Crippen molar-refractivity contribution in [1.82, 2.24) is 0 Å². The highest BCUT2D eigenvalue weighted by Gasteiger charge is 1.96. The van der Waals surface area contributed by atoms with Gasteiger partial charge in [-0.15, -0.1) is 0 Å². The average Bonchev–Trinajstić information content (AvgIpc) is 2.37. The minimum atomic E-state index is 0.0591. The van der Waals surface area contributed by atoms with Gasteiger partial charge in [-0.2, -0.15) is 12.6 Å². The van der Waals surface area contributed by atoms with Crippen LogP contribution < -0.4 is 0 Å². The van der Waals surface area contributed by atoms with Crippen LogP contribution in [0, 0.1) is 0 Å². The van der Waals surface area contributed by atoms with E-state index in [1.165, 1.54) is 11.6 Å². The second-order valence-corrected chi connectivity index (χ2v) is 4.78. The normalized spacial score (nSPS) is 11.0. The number of phenols is 2. The standard InChI is InChI=1S/C16H16O2S/c17-15-9-14(10-16(18)11-15)6-5-12-1-3-13(4-2-12)7-8-19/h1-6,9-11,17-19H,7-8H2/b6-5+. The molecule has 0 spiro atoms. The molecule has 0 amide bonds. The highest BCUT2D eigenvalue weighted by atomic mass is 32.1. The van der Waals surface area contributed by atoms with Gasteiger partial charge in [0.15, 0.2) is 0 Å². The summed E-state index contributed by atoms with van der Waals surface area (Å²) in [6.45, 7) is 0. The zero-order valence-electron chi connectivity index (χ0n) is 10.5. The molecule has 2 aromatic rings. The van der Waals surface area contributed by atoms with Crippen molar-refractivity contribution in [2.24, 2.45) is 0 Å². The molecule has 0 fully saturated rings. The van der Waals surface area contributed by atoms with Crippen molar-refractivity contribution in [3.8, 4) is 11.5 Å². The molecule has 0 saturated heterocycles. The summed E-state index contributed by atoms with van der Waals surface area (Å²) >= 11 is 4.20. The third-order valence-corrected chi connectivity index (χ3v) is 3.00. The molecule has 2 nitrogen and oxygen atoms in total. The molecule has 0 aromatic heterocycles. The fourth-order valence-corrected chi connectivity index (χ4v) is 2.09. The Kier molecular flexibility index (Phi) is 4.53. The lowest BCUT2D eigenvalue weighted by molar-refractivity contribution is 0.450. The first-order chi connectivity index (χ1) is 9.17. The fourth-order valence-electron chi connectivity index (χ4n) is 1.83. The Morgan fingerprint density at radius 3 is 2.00 bits per heavy atom. The topological polar surface area (TPSA) is 40.5 Å². The number of aryl methyl sites for hydroxylation is 1. The van der Waals surface area contributed by atoms with Gasteiger partial charge in [0.05, 0.1) is 0 Å². The van der Waals surface area contributed by atoms with E-state index >= 15 is 0 Å². The number of hydrogen-bond acceptors (Lipinski definition) is 3. The third kappa shape index (κ3) is 4.07. The van der Waals surface area contributed by atoms with Crippen LogP contribution in [-0.2, 0) is 6.42 Å². The molecule has 0 radical (unpaired) electrons. The minimum absolute atomic E-state index is 0.0591. The first kappa shape index (κ1) is 13.6. The van der Waals surface area contributed by atoms with E-state index < -0.39 is 0 Å². The van der Waals surface area contributed by atoms with Gasteiger partial charge in [-0.3, -0.25) is 0 Å². The second kappa shape index (κ2) is 6.34. The smallest absolute Gasteiger partial charge is 0.119 e. The lowest BCUT2D eigenvalue weighted by Gasteiger charge is -2.00. The van der Waals surface area contributed by atoms with E-state index in [-0.39, 0.29) is 11.5 Å². The Bertz CT molecular complexity index is 554. The molecule has 98 valence electrons. The van der Waals surface area contributed by atoms with E-state index in [9.17, 15) is 10.2 Å². The number of rotatable bonds is 4. The SMILES string of the molecule is Oc1cc(O)cc(/C=C/c2ccc(CCS)cc2)c1. The highest BCUT2D eigenvalue weighted by molar-refractivity contribution is 7.80. The van der Waals surface area contributed by atoms with Crippen molar-refractivity contribution in [3.05, 3.63) is 59.2 Å². The van der Waals surface area contributed by atoms with Gasteiger partial charge in [0.2, 0.25) is 0 Å². The Morgan fingerprint density at radius 1 is 0.842 bits per heavy atom. The molecule has 2 N–H and O–H groups in total. The van der Waals surface area contributed by atoms with Crippen LogP contribution in [0.3, 0.4) is 0 Å². The first-order valence-electron chi connectivity index (χ1n) is 6.08. The average molecular weight is 272 g/mol. The van der Waals surface area contributed by atoms with Gasteiger partial charge in [0.1, 0.15) is 11.5 Å². The molecule has 0 aliphatic rings. The molecule has 0 aliphatic heterocycles. The number of benzene rings is 2. The van der Waals surface area contributed by atoms with E-state index in [4.69, 9.17) is 0 Å². The summed E-state index contributed by atoms with van der Waals surface area (Å²) < 4.78 is 0. The molecular weight excluding hydrogens is 256 g/mol. The van der Waals surface area contributed by atoms with Crippen LogP contribution in [0.15, 0.2) is 42.5 Å². The van der Waals surface area contributed by atoms with Crippen LogP contribution in [0.5, 0.6) is 11.5 Å². The molecule has 0 atom stereocenters. The predicted molar refractivity (Wildman–Crippen MR) is 82.7 cm³/mol. The maximum atomic E-state index is 9.39. The van der Waals surface area contributed by atoms with Gasteiger partial charge in [-0.25, -0.2) is 0 Å². The maximum absolute atomic E-state index is 9.39. The van der Waals surface area contributed by atoms with E-state index in [0.717, 1.165) is 23.3 Å². The molecule has 3 heteroatoms. The minimum Gasteiger partial charge on any atom is -0.508 e. The van der Waals surface area contributed by atoms with Crippen LogP contribution in [0.25, 0.3) is 12.2 Å². The molecule has 0 saturated carbocycles. The van der Waals surface area contributed by atoms with Gasteiger partial charge in [0.25, 0.3) is 0 Å². The monoisotopic (exact) mass is 272 g/mol. The summed E-state index contributed by atoms with van der Waals surface area (Å²) in [5.41, 5.74) is 3.10.